The molecule has 1 rings (SSSR count). The van der Waals surface area contributed by atoms with Crippen molar-refractivity contribution in [2.75, 3.05) is 0 Å². The maximum Gasteiger partial charge on any atom is 1.00 e. The number of benzene rings is 1. The molecular formula is C35H63KO3S. The van der Waals surface area contributed by atoms with Gasteiger partial charge >= 0.3 is 51.4 Å². The molecule has 5 heteroatoms. The van der Waals surface area contributed by atoms with Crippen molar-refractivity contribution in [2.24, 2.45) is 0 Å². The molecule has 0 saturated carbocycles. The Morgan fingerprint density at radius 2 is 0.800 bits per heavy atom. The van der Waals surface area contributed by atoms with Gasteiger partial charge in [-0.3, -0.25) is 0 Å². The molecule has 1 aromatic carbocycles. The first-order chi connectivity index (χ1) is 19.0. The van der Waals surface area contributed by atoms with Gasteiger partial charge in [-0.05, 0) is 30.5 Å². The molecule has 0 bridgehead atoms. The van der Waals surface area contributed by atoms with Crippen molar-refractivity contribution in [1.82, 2.24) is 0 Å². The van der Waals surface area contributed by atoms with Crippen LogP contribution in [0.4, 0.5) is 0 Å². The Morgan fingerprint density at radius 1 is 0.500 bits per heavy atom. The van der Waals surface area contributed by atoms with Gasteiger partial charge in [0.05, 0.1) is 4.90 Å². The molecule has 0 atom stereocenters. The Labute approximate surface area is 293 Å². The fourth-order valence-corrected chi connectivity index (χ4v) is 6.22. The zero-order valence-corrected chi connectivity index (χ0v) is 30.7. The normalized spacial score (nSPS) is 11.6. The predicted molar refractivity (Wildman–Crippen MR) is 168 cm³/mol. The van der Waals surface area contributed by atoms with E-state index in [9.17, 15) is 13.0 Å². The Bertz CT molecular complexity index is 766. The molecular weight excluding hydrogens is 540 g/mol. The third-order valence-corrected chi connectivity index (χ3v) is 9.09. The maximum absolute atomic E-state index is 11.1. The topological polar surface area (TPSA) is 57.2 Å². The van der Waals surface area contributed by atoms with Crippen LogP contribution < -0.4 is 51.4 Å². The van der Waals surface area contributed by atoms with E-state index in [1.54, 1.807) is 6.07 Å². The van der Waals surface area contributed by atoms with Crippen LogP contribution in [-0.4, -0.2) is 13.0 Å². The van der Waals surface area contributed by atoms with Crippen molar-refractivity contribution >= 4 is 10.1 Å². The first-order valence-electron chi connectivity index (χ1n) is 17.1. The van der Waals surface area contributed by atoms with E-state index >= 15 is 0 Å². The molecule has 0 aromatic heterocycles. The fourth-order valence-electron chi connectivity index (χ4n) is 5.68. The molecule has 40 heavy (non-hydrogen) atoms. The SMILES string of the molecule is CCCCCCCCCCCCCCCCCCCCCCCCCCCCCc1cccc(S(=O)(=O)[O-])c1.[K+]. The first kappa shape index (κ1) is 40.8. The first-order valence-corrected chi connectivity index (χ1v) is 18.5. The second-order valence-electron chi connectivity index (χ2n) is 12.0. The molecule has 0 unspecified atom stereocenters. The Morgan fingerprint density at radius 3 is 1.10 bits per heavy atom. The minimum absolute atomic E-state index is 0. The van der Waals surface area contributed by atoms with Crippen molar-refractivity contribution in [3.63, 3.8) is 0 Å². The minimum atomic E-state index is -4.34. The molecule has 228 valence electrons. The van der Waals surface area contributed by atoms with Gasteiger partial charge < -0.3 is 4.55 Å². The van der Waals surface area contributed by atoms with Gasteiger partial charge in [0.2, 0.25) is 0 Å². The summed E-state index contributed by atoms with van der Waals surface area (Å²) in [5, 5.41) is 0. The van der Waals surface area contributed by atoms with E-state index in [4.69, 9.17) is 0 Å². The van der Waals surface area contributed by atoms with E-state index in [1.807, 2.05) is 6.07 Å². The summed E-state index contributed by atoms with van der Waals surface area (Å²) in [5.74, 6) is 0. The molecule has 0 heterocycles. The van der Waals surface area contributed by atoms with E-state index in [0.717, 1.165) is 18.4 Å². The minimum Gasteiger partial charge on any atom is -0.744 e. The monoisotopic (exact) mass is 602 g/mol. The van der Waals surface area contributed by atoms with Crippen LogP contribution in [0.3, 0.4) is 0 Å². The molecule has 0 saturated heterocycles. The molecule has 3 nitrogen and oxygen atoms in total. The fraction of sp³-hybridized carbons (Fsp3) is 0.829. The van der Waals surface area contributed by atoms with E-state index < -0.39 is 10.1 Å². The number of hydrogen-bond acceptors (Lipinski definition) is 3. The summed E-state index contributed by atoms with van der Waals surface area (Å²) in [4.78, 5) is -0.106. The molecule has 0 aliphatic heterocycles. The van der Waals surface area contributed by atoms with Crippen LogP contribution in [0.2, 0.25) is 0 Å². The summed E-state index contributed by atoms with van der Waals surface area (Å²) < 4.78 is 33.4. The van der Waals surface area contributed by atoms with Crippen molar-refractivity contribution in [3.05, 3.63) is 29.8 Å². The van der Waals surface area contributed by atoms with Crippen molar-refractivity contribution in [3.8, 4) is 0 Å². The van der Waals surface area contributed by atoms with Crippen LogP contribution in [0.5, 0.6) is 0 Å². The van der Waals surface area contributed by atoms with Crippen LogP contribution >= 0.6 is 0 Å². The Balaban J connectivity index is 0.0000152. The van der Waals surface area contributed by atoms with E-state index in [1.165, 1.54) is 179 Å². The smallest absolute Gasteiger partial charge is 0.744 e. The van der Waals surface area contributed by atoms with E-state index in [-0.39, 0.29) is 56.3 Å². The molecule has 0 aliphatic carbocycles. The second kappa shape index (κ2) is 29.8. The molecule has 0 aliphatic rings. The average Bonchev–Trinajstić information content (AvgIpc) is 2.92. The van der Waals surface area contributed by atoms with Gasteiger partial charge in [0.15, 0.2) is 0 Å². The largest absolute Gasteiger partial charge is 1.00 e. The van der Waals surface area contributed by atoms with Crippen molar-refractivity contribution in [1.29, 1.82) is 0 Å². The molecule has 0 amide bonds. The van der Waals surface area contributed by atoms with Gasteiger partial charge in [-0.2, -0.15) is 0 Å². The van der Waals surface area contributed by atoms with Crippen molar-refractivity contribution < 1.29 is 64.4 Å². The third-order valence-electron chi connectivity index (χ3n) is 8.26. The van der Waals surface area contributed by atoms with Crippen LogP contribution in [-0.2, 0) is 16.5 Å². The van der Waals surface area contributed by atoms with Crippen molar-refractivity contribution in [2.45, 2.75) is 192 Å². The quantitative estimate of drug-likeness (QED) is 0.0524. The molecule has 0 N–H and O–H groups in total. The van der Waals surface area contributed by atoms with Gasteiger partial charge in [0.25, 0.3) is 0 Å². The number of hydrogen-bond donors (Lipinski definition) is 0. The van der Waals surface area contributed by atoms with Gasteiger partial charge in [-0.25, -0.2) is 8.42 Å². The molecule has 0 radical (unpaired) electrons. The Kier molecular flexibility index (Phi) is 30.4. The van der Waals surface area contributed by atoms with Crippen LogP contribution in [0.15, 0.2) is 29.2 Å². The molecule has 0 fully saturated rings. The second-order valence-corrected chi connectivity index (χ2v) is 13.4. The number of unbranched alkanes of at least 4 members (excludes halogenated alkanes) is 26. The standard InChI is InChI=1S/C35H64O3S.K/c1-2-3-4-5-6-7-8-9-10-11-12-13-14-15-16-17-18-19-20-21-22-23-24-25-26-27-28-30-34-31-29-32-35(33-34)39(36,37)38;/h29,31-33H,2-28,30H2,1H3,(H,36,37,38);/q;+1/p-1. The summed E-state index contributed by atoms with van der Waals surface area (Å²) >= 11 is 0. The zero-order chi connectivity index (χ0) is 28.3. The van der Waals surface area contributed by atoms with Crippen LogP contribution in [0.25, 0.3) is 0 Å². The third kappa shape index (κ3) is 26.4. The summed E-state index contributed by atoms with van der Waals surface area (Å²) in [5.41, 5.74) is 0.950. The predicted octanol–water partition coefficient (Wildman–Crippen LogP) is 8.69. The van der Waals surface area contributed by atoms with E-state index in [0.29, 0.717) is 0 Å². The summed E-state index contributed by atoms with van der Waals surface area (Å²) in [6, 6.07) is 6.49. The maximum atomic E-state index is 11.1. The molecule has 0 spiro atoms. The zero-order valence-electron chi connectivity index (χ0n) is 26.7. The summed E-state index contributed by atoms with van der Waals surface area (Å²) in [7, 11) is -4.34. The molecule has 1 aromatic rings. The summed E-state index contributed by atoms with van der Waals surface area (Å²) in [6.07, 6.45) is 38.6. The Hall–Kier alpha value is 0.766. The van der Waals surface area contributed by atoms with Gasteiger partial charge in [-0.1, -0.05) is 186 Å². The van der Waals surface area contributed by atoms with Crippen LogP contribution in [0.1, 0.15) is 186 Å². The number of rotatable bonds is 29. The van der Waals surface area contributed by atoms with Gasteiger partial charge in [0, 0.05) is 0 Å². The van der Waals surface area contributed by atoms with Crippen LogP contribution in [0, 0.1) is 0 Å². The van der Waals surface area contributed by atoms with E-state index in [2.05, 4.69) is 6.92 Å². The number of aryl methyl sites for hydroxylation is 1. The summed E-state index contributed by atoms with van der Waals surface area (Å²) in [6.45, 7) is 2.29. The van der Waals surface area contributed by atoms with Gasteiger partial charge in [-0.15, -0.1) is 0 Å². The van der Waals surface area contributed by atoms with Gasteiger partial charge in [0.1, 0.15) is 10.1 Å². The average molecular weight is 603 g/mol.